The van der Waals surface area contributed by atoms with E-state index in [-0.39, 0.29) is 23.3 Å². The highest BCUT2D eigenvalue weighted by Crippen LogP contribution is 2.22. The highest BCUT2D eigenvalue weighted by molar-refractivity contribution is 7.89. The van der Waals surface area contributed by atoms with Crippen molar-refractivity contribution in [1.82, 2.24) is 9.21 Å². The summed E-state index contributed by atoms with van der Waals surface area (Å²) >= 11 is 0. The number of likely N-dealkylation sites (N-methyl/N-ethyl adjacent to an activating group) is 1. The summed E-state index contributed by atoms with van der Waals surface area (Å²) in [6, 6.07) is 10.1. The molecule has 2 aromatic rings. The van der Waals surface area contributed by atoms with Crippen LogP contribution in [-0.2, 0) is 21.2 Å². The summed E-state index contributed by atoms with van der Waals surface area (Å²) in [4.78, 5) is 14.5. The second kappa shape index (κ2) is 8.27. The third-order valence-electron chi connectivity index (χ3n) is 5.16. The van der Waals surface area contributed by atoms with Gasteiger partial charge in [0.15, 0.2) is 0 Å². The summed E-state index contributed by atoms with van der Waals surface area (Å²) in [5.74, 6) is 0.680. The van der Waals surface area contributed by atoms with E-state index in [2.05, 4.69) is 0 Å². The van der Waals surface area contributed by atoms with Crippen LogP contribution in [-0.4, -0.2) is 43.7 Å². The number of nitrogens with zero attached hydrogens (tertiary/aromatic N) is 2. The normalized spacial score (nSPS) is 16.8. The van der Waals surface area contributed by atoms with Crippen LogP contribution in [0.4, 0.5) is 0 Å². The molecule has 1 saturated heterocycles. The number of sulfonamides is 1. The van der Waals surface area contributed by atoms with Crippen LogP contribution in [0.2, 0.25) is 0 Å². The van der Waals surface area contributed by atoms with E-state index in [9.17, 15) is 13.2 Å². The highest BCUT2D eigenvalue weighted by atomic mass is 32.2. The first kappa shape index (κ1) is 19.6. The molecule has 2 heterocycles. The zero-order valence-electron chi connectivity index (χ0n) is 15.8. The van der Waals surface area contributed by atoms with Gasteiger partial charge in [0.2, 0.25) is 15.9 Å². The Balaban J connectivity index is 1.65. The maximum Gasteiger partial charge on any atom is 0.243 e. The van der Waals surface area contributed by atoms with Gasteiger partial charge in [0.1, 0.15) is 5.76 Å². The summed E-state index contributed by atoms with van der Waals surface area (Å²) in [6.07, 6.45) is 4.70. The van der Waals surface area contributed by atoms with Crippen LogP contribution in [0.1, 0.15) is 43.6 Å². The van der Waals surface area contributed by atoms with E-state index in [0.29, 0.717) is 13.1 Å². The zero-order valence-corrected chi connectivity index (χ0v) is 16.6. The van der Waals surface area contributed by atoms with Crippen LogP contribution in [0.5, 0.6) is 0 Å². The van der Waals surface area contributed by atoms with Gasteiger partial charge in [-0.1, -0.05) is 18.6 Å². The van der Waals surface area contributed by atoms with Crippen molar-refractivity contribution in [1.29, 1.82) is 0 Å². The number of rotatable bonds is 6. The molecule has 1 amide bonds. The summed E-state index contributed by atoms with van der Waals surface area (Å²) in [6.45, 7) is 3.07. The van der Waals surface area contributed by atoms with Gasteiger partial charge in [-0.3, -0.25) is 4.79 Å². The Morgan fingerprint density at radius 3 is 2.41 bits per heavy atom. The van der Waals surface area contributed by atoms with Crippen molar-refractivity contribution in [2.45, 2.75) is 43.5 Å². The molecule has 0 N–H and O–H groups in total. The predicted molar refractivity (Wildman–Crippen MR) is 103 cm³/mol. The van der Waals surface area contributed by atoms with Crippen LogP contribution < -0.4 is 0 Å². The van der Waals surface area contributed by atoms with Gasteiger partial charge < -0.3 is 9.32 Å². The molecular formula is C20H26N2O4S. The van der Waals surface area contributed by atoms with Crippen LogP contribution in [0, 0.1) is 0 Å². The third kappa shape index (κ3) is 4.42. The van der Waals surface area contributed by atoms with Gasteiger partial charge >= 0.3 is 0 Å². The van der Waals surface area contributed by atoms with Gasteiger partial charge in [-0.05, 0) is 49.6 Å². The molecule has 1 fully saturated rings. The summed E-state index contributed by atoms with van der Waals surface area (Å²) in [5.41, 5.74) is 0.788. The quantitative estimate of drug-likeness (QED) is 0.759. The Kier molecular flexibility index (Phi) is 6.01. The average Bonchev–Trinajstić information content (AvgIpc) is 3.22. The first-order chi connectivity index (χ1) is 12.9. The Morgan fingerprint density at radius 1 is 1.15 bits per heavy atom. The minimum Gasteiger partial charge on any atom is -0.467 e. The zero-order chi connectivity index (χ0) is 19.4. The minimum absolute atomic E-state index is 0.0504. The molecule has 6 nitrogen and oxygen atoms in total. The van der Waals surface area contributed by atoms with Gasteiger partial charge in [0, 0.05) is 20.1 Å². The molecule has 146 valence electrons. The largest absolute Gasteiger partial charge is 0.467 e. The van der Waals surface area contributed by atoms with Crippen molar-refractivity contribution in [2.24, 2.45) is 0 Å². The predicted octanol–water partition coefficient (Wildman–Crippen LogP) is 3.22. The maximum absolute atomic E-state index is 12.7. The summed E-state index contributed by atoms with van der Waals surface area (Å²) in [5, 5.41) is 0. The fraction of sp³-hybridized carbons (Fsp3) is 0.450. The maximum atomic E-state index is 12.7. The number of benzene rings is 1. The Morgan fingerprint density at radius 2 is 1.81 bits per heavy atom. The van der Waals surface area contributed by atoms with Crippen molar-refractivity contribution in [2.75, 3.05) is 20.1 Å². The van der Waals surface area contributed by atoms with E-state index in [1.807, 2.05) is 13.0 Å². The van der Waals surface area contributed by atoms with E-state index >= 15 is 0 Å². The molecule has 1 aromatic carbocycles. The van der Waals surface area contributed by atoms with E-state index in [1.165, 1.54) is 0 Å². The van der Waals surface area contributed by atoms with E-state index in [4.69, 9.17) is 4.42 Å². The smallest absolute Gasteiger partial charge is 0.243 e. The average molecular weight is 391 g/mol. The molecule has 1 aliphatic heterocycles. The highest BCUT2D eigenvalue weighted by Gasteiger charge is 2.26. The lowest BCUT2D eigenvalue weighted by Gasteiger charge is -2.26. The standard InChI is InChI=1S/C20H26N2O4S/c1-16(19-7-6-14-26-19)21(2)20(23)15-17-8-10-18(11-9-17)27(24,25)22-12-4-3-5-13-22/h6-11,14,16H,3-5,12-13,15H2,1-2H3. The molecule has 0 spiro atoms. The van der Waals surface area contributed by atoms with Crippen molar-refractivity contribution in [3.63, 3.8) is 0 Å². The molecular weight excluding hydrogens is 364 g/mol. The van der Waals surface area contributed by atoms with Crippen molar-refractivity contribution < 1.29 is 17.6 Å². The topological polar surface area (TPSA) is 70.8 Å². The second-order valence-electron chi connectivity index (χ2n) is 6.98. The summed E-state index contributed by atoms with van der Waals surface area (Å²) < 4.78 is 32.3. The monoisotopic (exact) mass is 390 g/mol. The fourth-order valence-corrected chi connectivity index (χ4v) is 4.79. The van der Waals surface area contributed by atoms with E-state index in [1.54, 1.807) is 52.8 Å². The fourth-order valence-electron chi connectivity index (χ4n) is 3.27. The first-order valence-electron chi connectivity index (χ1n) is 9.28. The molecule has 1 aliphatic rings. The van der Waals surface area contributed by atoms with Crippen molar-refractivity contribution >= 4 is 15.9 Å². The van der Waals surface area contributed by atoms with Crippen LogP contribution in [0.25, 0.3) is 0 Å². The molecule has 0 aliphatic carbocycles. The first-order valence-corrected chi connectivity index (χ1v) is 10.7. The lowest BCUT2D eigenvalue weighted by molar-refractivity contribution is -0.131. The molecule has 7 heteroatoms. The number of carbonyl (C=O) groups is 1. The molecule has 1 unspecified atom stereocenters. The Labute approximate surface area is 160 Å². The van der Waals surface area contributed by atoms with Gasteiger partial charge in [-0.15, -0.1) is 0 Å². The third-order valence-corrected chi connectivity index (χ3v) is 7.07. The molecule has 0 saturated carbocycles. The molecule has 0 bridgehead atoms. The van der Waals surface area contributed by atoms with Crippen molar-refractivity contribution in [3.8, 4) is 0 Å². The molecule has 1 atom stereocenters. The number of amides is 1. The van der Waals surface area contributed by atoms with E-state index in [0.717, 1.165) is 30.6 Å². The molecule has 27 heavy (non-hydrogen) atoms. The SMILES string of the molecule is CC(c1ccco1)N(C)C(=O)Cc1ccc(S(=O)(=O)N2CCCCC2)cc1. The van der Waals surface area contributed by atoms with Crippen LogP contribution >= 0.6 is 0 Å². The van der Waals surface area contributed by atoms with Gasteiger partial charge in [0.05, 0.1) is 23.6 Å². The number of hydrogen-bond acceptors (Lipinski definition) is 4. The molecule has 0 radical (unpaired) electrons. The van der Waals surface area contributed by atoms with Crippen molar-refractivity contribution in [3.05, 3.63) is 54.0 Å². The number of carbonyl (C=O) groups excluding carboxylic acids is 1. The number of hydrogen-bond donors (Lipinski definition) is 0. The summed E-state index contributed by atoms with van der Waals surface area (Å²) in [7, 11) is -1.70. The molecule has 3 rings (SSSR count). The van der Waals surface area contributed by atoms with Gasteiger partial charge in [-0.2, -0.15) is 4.31 Å². The second-order valence-corrected chi connectivity index (χ2v) is 8.92. The van der Waals surface area contributed by atoms with Gasteiger partial charge in [-0.25, -0.2) is 8.42 Å². The van der Waals surface area contributed by atoms with Gasteiger partial charge in [0.25, 0.3) is 0 Å². The Bertz CT molecular complexity index is 854. The minimum atomic E-state index is -3.44. The Hall–Kier alpha value is -2.12. The van der Waals surface area contributed by atoms with Crippen LogP contribution in [0.15, 0.2) is 52.0 Å². The van der Waals surface area contributed by atoms with E-state index < -0.39 is 10.0 Å². The number of piperidine rings is 1. The lowest BCUT2D eigenvalue weighted by Crippen LogP contribution is -2.35. The number of furan rings is 1. The van der Waals surface area contributed by atoms with Crippen LogP contribution in [0.3, 0.4) is 0 Å². The molecule has 1 aromatic heterocycles. The lowest BCUT2D eigenvalue weighted by atomic mass is 10.1.